The zero-order valence-electron chi connectivity index (χ0n) is 15.2. The number of aromatic nitrogens is 3. The lowest BCUT2D eigenvalue weighted by molar-refractivity contribution is 0.0929. The van der Waals surface area contributed by atoms with E-state index in [1.807, 2.05) is 19.1 Å². The highest BCUT2D eigenvalue weighted by Crippen LogP contribution is 2.21. The Hall–Kier alpha value is -3.48. The number of rotatable bonds is 7. The van der Waals surface area contributed by atoms with Crippen LogP contribution in [0.2, 0.25) is 0 Å². The van der Waals surface area contributed by atoms with E-state index in [-0.39, 0.29) is 5.91 Å². The minimum absolute atomic E-state index is 0.291. The lowest BCUT2D eigenvalue weighted by Crippen LogP contribution is -2.27. The Balaban J connectivity index is 1.71. The highest BCUT2D eigenvalue weighted by atomic mass is 16.5. The van der Waals surface area contributed by atoms with Gasteiger partial charge < -0.3 is 14.6 Å². The number of ether oxygens (including phenoxy) is 1. The molecule has 3 rings (SSSR count). The molecule has 1 aromatic carbocycles. The second-order valence-corrected chi connectivity index (χ2v) is 6.14. The second kappa shape index (κ2) is 8.27. The smallest absolute Gasteiger partial charge is 0.255 e. The van der Waals surface area contributed by atoms with Gasteiger partial charge in [0.2, 0.25) is 11.7 Å². The van der Waals surface area contributed by atoms with Crippen molar-refractivity contribution in [3.8, 4) is 17.1 Å². The maximum atomic E-state index is 12.7. The Bertz CT molecular complexity index is 937. The summed E-state index contributed by atoms with van der Waals surface area (Å²) >= 11 is 0. The third-order valence-electron chi connectivity index (χ3n) is 3.69. The van der Waals surface area contributed by atoms with Gasteiger partial charge in [-0.25, -0.2) is 0 Å². The molecule has 3 aromatic rings. The van der Waals surface area contributed by atoms with E-state index >= 15 is 0 Å². The molecule has 1 atom stereocenters. The number of hydrogen-bond donors (Lipinski definition) is 1. The third-order valence-corrected chi connectivity index (χ3v) is 3.69. The first kappa shape index (κ1) is 18.3. The van der Waals surface area contributed by atoms with Crippen LogP contribution in [0, 0.1) is 0 Å². The lowest BCUT2D eigenvalue weighted by Gasteiger charge is -2.13. The molecule has 0 unspecified atom stereocenters. The fraction of sp³-hybridized carbons (Fsp3) is 0.200. The van der Waals surface area contributed by atoms with E-state index in [9.17, 15) is 4.79 Å². The molecule has 27 heavy (non-hydrogen) atoms. The predicted octanol–water partition coefficient (Wildman–Crippen LogP) is 3.58. The second-order valence-electron chi connectivity index (χ2n) is 6.14. The van der Waals surface area contributed by atoms with Crippen molar-refractivity contribution in [2.45, 2.75) is 19.9 Å². The number of amides is 1. The van der Waals surface area contributed by atoms with Crippen molar-refractivity contribution in [1.82, 2.24) is 20.4 Å². The molecule has 2 heterocycles. The minimum Gasteiger partial charge on any atom is -0.488 e. The maximum Gasteiger partial charge on any atom is 0.255 e. The Morgan fingerprint density at radius 1 is 1.30 bits per heavy atom. The number of carbonyl (C=O) groups excluding carboxylic acids is 1. The number of para-hydroxylation sites is 1. The zero-order valence-corrected chi connectivity index (χ0v) is 15.2. The highest BCUT2D eigenvalue weighted by molar-refractivity contribution is 5.97. The summed E-state index contributed by atoms with van der Waals surface area (Å²) < 4.78 is 10.9. The zero-order chi connectivity index (χ0) is 19.2. The largest absolute Gasteiger partial charge is 0.488 e. The van der Waals surface area contributed by atoms with Crippen LogP contribution in [0.3, 0.4) is 0 Å². The van der Waals surface area contributed by atoms with Crippen LogP contribution in [0.15, 0.2) is 65.5 Å². The Labute approximate surface area is 157 Å². The minimum atomic E-state index is -0.468. The molecular weight excluding hydrogens is 344 g/mol. The van der Waals surface area contributed by atoms with Gasteiger partial charge in [-0.05, 0) is 43.7 Å². The first-order chi connectivity index (χ1) is 13.0. The molecule has 0 saturated carbocycles. The summed E-state index contributed by atoms with van der Waals surface area (Å²) in [5, 5.41) is 6.79. The molecule has 7 heteroatoms. The summed E-state index contributed by atoms with van der Waals surface area (Å²) in [5.41, 5.74) is 2.04. The van der Waals surface area contributed by atoms with Crippen LogP contribution in [-0.4, -0.2) is 27.6 Å². The maximum absolute atomic E-state index is 12.7. The Morgan fingerprint density at radius 2 is 2.11 bits per heavy atom. The summed E-state index contributed by atoms with van der Waals surface area (Å²) in [6, 6.07) is 10.2. The first-order valence-electron chi connectivity index (χ1n) is 8.45. The molecule has 0 bridgehead atoms. The topological polar surface area (TPSA) is 90.1 Å². The molecular formula is C20H20N4O3. The fourth-order valence-electron chi connectivity index (χ4n) is 2.34. The van der Waals surface area contributed by atoms with Crippen LogP contribution in [0.5, 0.6) is 5.75 Å². The molecule has 0 aliphatic heterocycles. The number of hydrogen-bond acceptors (Lipinski definition) is 6. The van der Waals surface area contributed by atoms with Gasteiger partial charge in [-0.1, -0.05) is 23.9 Å². The van der Waals surface area contributed by atoms with E-state index in [1.54, 1.807) is 43.6 Å². The van der Waals surface area contributed by atoms with Crippen molar-refractivity contribution < 1.29 is 14.1 Å². The molecule has 0 fully saturated rings. The Morgan fingerprint density at radius 3 is 2.85 bits per heavy atom. The van der Waals surface area contributed by atoms with Crippen LogP contribution in [0.4, 0.5) is 0 Å². The summed E-state index contributed by atoms with van der Waals surface area (Å²) in [7, 11) is 0. The van der Waals surface area contributed by atoms with E-state index in [0.717, 1.165) is 11.1 Å². The quantitative estimate of drug-likeness (QED) is 0.645. The van der Waals surface area contributed by atoms with E-state index in [0.29, 0.717) is 29.6 Å². The molecule has 138 valence electrons. The summed E-state index contributed by atoms with van der Waals surface area (Å²) in [6.07, 6.45) is 3.31. The molecule has 0 aliphatic carbocycles. The molecule has 0 radical (unpaired) electrons. The van der Waals surface area contributed by atoms with Crippen LogP contribution in [0.25, 0.3) is 11.4 Å². The van der Waals surface area contributed by atoms with E-state index in [4.69, 9.17) is 9.26 Å². The number of nitrogens with zero attached hydrogens (tertiary/aromatic N) is 3. The first-order valence-corrected chi connectivity index (χ1v) is 8.45. The summed E-state index contributed by atoms with van der Waals surface area (Å²) in [5.74, 6) is 0.930. The van der Waals surface area contributed by atoms with Crippen molar-refractivity contribution >= 4 is 5.91 Å². The van der Waals surface area contributed by atoms with Crippen molar-refractivity contribution in [2.24, 2.45) is 0 Å². The van der Waals surface area contributed by atoms with Crippen molar-refractivity contribution in [1.29, 1.82) is 0 Å². The van der Waals surface area contributed by atoms with Gasteiger partial charge in [-0.15, -0.1) is 0 Å². The standard InChI is InChI=1S/C20H20N4O3/c1-13(2)12-26-17-9-5-4-8-16(17)19(25)22-14(3)20-23-18(24-27-20)15-7-6-10-21-11-15/h4-11,14H,1,12H2,2-3H3,(H,22,25)/t14-/m1/s1. The molecule has 2 aromatic heterocycles. The van der Waals surface area contributed by atoms with Gasteiger partial charge in [0.15, 0.2) is 0 Å². The van der Waals surface area contributed by atoms with Crippen LogP contribution in [0.1, 0.15) is 36.1 Å². The van der Waals surface area contributed by atoms with Gasteiger partial charge in [0.25, 0.3) is 5.91 Å². The molecule has 0 aliphatic rings. The molecule has 0 saturated heterocycles. The van der Waals surface area contributed by atoms with Crippen LogP contribution < -0.4 is 10.1 Å². The van der Waals surface area contributed by atoms with Crippen LogP contribution >= 0.6 is 0 Å². The van der Waals surface area contributed by atoms with E-state index in [2.05, 4.69) is 27.0 Å². The van der Waals surface area contributed by atoms with Gasteiger partial charge in [0.05, 0.1) is 5.56 Å². The van der Waals surface area contributed by atoms with Gasteiger partial charge in [0, 0.05) is 18.0 Å². The van der Waals surface area contributed by atoms with E-state index in [1.165, 1.54) is 0 Å². The SMILES string of the molecule is C=C(C)COc1ccccc1C(=O)N[C@H](C)c1nc(-c2cccnc2)no1. The van der Waals surface area contributed by atoms with Gasteiger partial charge in [-0.3, -0.25) is 9.78 Å². The monoisotopic (exact) mass is 364 g/mol. The number of carbonyl (C=O) groups is 1. The highest BCUT2D eigenvalue weighted by Gasteiger charge is 2.20. The third kappa shape index (κ3) is 4.58. The average Bonchev–Trinajstić information content (AvgIpc) is 3.17. The predicted molar refractivity (Wildman–Crippen MR) is 100 cm³/mol. The Kier molecular flexibility index (Phi) is 5.61. The van der Waals surface area contributed by atoms with Gasteiger partial charge >= 0.3 is 0 Å². The lowest BCUT2D eigenvalue weighted by atomic mass is 10.1. The van der Waals surface area contributed by atoms with Gasteiger partial charge in [0.1, 0.15) is 18.4 Å². The molecule has 1 amide bonds. The summed E-state index contributed by atoms with van der Waals surface area (Å²) in [4.78, 5) is 21.0. The number of nitrogens with one attached hydrogen (secondary N) is 1. The number of pyridine rings is 1. The molecule has 0 spiro atoms. The molecule has 1 N–H and O–H groups in total. The van der Waals surface area contributed by atoms with Crippen molar-refractivity contribution in [2.75, 3.05) is 6.61 Å². The van der Waals surface area contributed by atoms with Gasteiger partial charge in [-0.2, -0.15) is 4.98 Å². The molecule has 7 nitrogen and oxygen atoms in total. The number of benzene rings is 1. The van der Waals surface area contributed by atoms with Crippen molar-refractivity contribution in [3.05, 3.63) is 72.4 Å². The van der Waals surface area contributed by atoms with Crippen LogP contribution in [-0.2, 0) is 0 Å². The van der Waals surface area contributed by atoms with E-state index < -0.39 is 6.04 Å². The fourth-order valence-corrected chi connectivity index (χ4v) is 2.34. The van der Waals surface area contributed by atoms with Crippen molar-refractivity contribution in [3.63, 3.8) is 0 Å². The summed E-state index contributed by atoms with van der Waals surface area (Å²) in [6.45, 7) is 7.78. The average molecular weight is 364 g/mol. The normalized spacial score (nSPS) is 11.6.